The van der Waals surface area contributed by atoms with E-state index in [1.54, 1.807) is 11.8 Å². The number of sulfone groups is 1. The van der Waals surface area contributed by atoms with E-state index in [-0.39, 0.29) is 22.8 Å². The van der Waals surface area contributed by atoms with E-state index >= 15 is 0 Å². The van der Waals surface area contributed by atoms with E-state index in [1.165, 1.54) is 16.7 Å². The van der Waals surface area contributed by atoms with Crippen molar-refractivity contribution in [1.29, 1.82) is 0 Å². The van der Waals surface area contributed by atoms with Crippen molar-refractivity contribution in [3.8, 4) is 0 Å². The number of halogens is 1. The first-order valence-electron chi connectivity index (χ1n) is 8.85. The van der Waals surface area contributed by atoms with Crippen molar-refractivity contribution < 1.29 is 8.42 Å². The molecule has 0 bridgehead atoms. The van der Waals surface area contributed by atoms with Crippen LogP contribution >= 0.6 is 23.4 Å². The van der Waals surface area contributed by atoms with Crippen molar-refractivity contribution >= 4 is 44.1 Å². The van der Waals surface area contributed by atoms with Crippen LogP contribution in [0.5, 0.6) is 0 Å². The van der Waals surface area contributed by atoms with E-state index in [4.69, 9.17) is 16.6 Å². The van der Waals surface area contributed by atoms with Crippen molar-refractivity contribution in [2.45, 2.75) is 31.7 Å². The molecule has 0 radical (unpaired) electrons. The second-order valence-corrected chi connectivity index (χ2v) is 11.0. The Morgan fingerprint density at radius 1 is 1.19 bits per heavy atom. The largest absolute Gasteiger partial charge is 0.317 e. The van der Waals surface area contributed by atoms with Crippen molar-refractivity contribution in [3.05, 3.63) is 64.2 Å². The molecule has 4 nitrogen and oxygen atoms in total. The van der Waals surface area contributed by atoms with Gasteiger partial charge in [-0.3, -0.25) is 4.99 Å². The maximum absolute atomic E-state index is 11.9. The van der Waals surface area contributed by atoms with Gasteiger partial charge in [-0.2, -0.15) is 0 Å². The number of thioether (sulfide) groups is 1. The van der Waals surface area contributed by atoms with E-state index in [2.05, 4.69) is 36.9 Å². The van der Waals surface area contributed by atoms with Gasteiger partial charge in [0.15, 0.2) is 15.0 Å². The van der Waals surface area contributed by atoms with E-state index in [0.29, 0.717) is 11.6 Å². The Labute approximate surface area is 169 Å². The third kappa shape index (κ3) is 4.03. The Morgan fingerprint density at radius 3 is 2.74 bits per heavy atom. The molecule has 2 aliphatic heterocycles. The van der Waals surface area contributed by atoms with Gasteiger partial charge in [-0.25, -0.2) is 8.42 Å². The summed E-state index contributed by atoms with van der Waals surface area (Å²) in [5.74, 6) is 0.364. The number of fused-ring (bicyclic) bond motifs is 1. The van der Waals surface area contributed by atoms with E-state index < -0.39 is 9.84 Å². The second kappa shape index (κ2) is 7.15. The molecule has 0 aliphatic carbocycles. The summed E-state index contributed by atoms with van der Waals surface area (Å²) in [6, 6.07) is 14.0. The van der Waals surface area contributed by atoms with Gasteiger partial charge in [-0.05, 0) is 43.2 Å². The SMILES string of the molecule is Cc1ccc(C)c(CN(C2=N[C@@H]3CS(=O)(=O)C[C@@H]3S2)c2cccc(Cl)c2)c1. The minimum Gasteiger partial charge on any atom is -0.317 e. The minimum atomic E-state index is -2.96. The third-order valence-electron chi connectivity index (χ3n) is 4.99. The molecule has 4 rings (SSSR count). The van der Waals surface area contributed by atoms with Crippen LogP contribution in [0.1, 0.15) is 16.7 Å². The van der Waals surface area contributed by atoms with E-state index in [9.17, 15) is 8.42 Å². The quantitative estimate of drug-likeness (QED) is 0.745. The summed E-state index contributed by atoms with van der Waals surface area (Å²) in [6.45, 7) is 4.87. The predicted octanol–water partition coefficient (Wildman–Crippen LogP) is 4.23. The standard InChI is InChI=1S/C20H21ClN2O2S2/c1-13-6-7-14(2)15(8-13)10-23(17-5-3-4-16(21)9-17)20-22-18-11-27(24,25)12-19(18)26-20/h3-9,18-19H,10-12H2,1-2H3/t18-,19+/m1/s1. The average molecular weight is 421 g/mol. The summed E-state index contributed by atoms with van der Waals surface area (Å²) < 4.78 is 23.8. The van der Waals surface area contributed by atoms with Gasteiger partial charge in [0.1, 0.15) is 0 Å². The average Bonchev–Trinajstić information content (AvgIpc) is 3.09. The van der Waals surface area contributed by atoms with E-state index in [1.807, 2.05) is 24.3 Å². The molecule has 0 aromatic heterocycles. The number of rotatable bonds is 3. The summed E-state index contributed by atoms with van der Waals surface area (Å²) in [4.78, 5) is 6.94. The molecule has 142 valence electrons. The molecule has 1 fully saturated rings. The Bertz CT molecular complexity index is 1020. The molecule has 1 saturated heterocycles. The first-order chi connectivity index (χ1) is 12.8. The number of aliphatic imine (C=N–C) groups is 1. The first kappa shape index (κ1) is 18.8. The lowest BCUT2D eigenvalue weighted by Crippen LogP contribution is -2.28. The zero-order chi connectivity index (χ0) is 19.2. The number of aryl methyl sites for hydroxylation is 2. The van der Waals surface area contributed by atoms with Crippen LogP contribution in [0.3, 0.4) is 0 Å². The molecule has 0 unspecified atom stereocenters. The maximum atomic E-state index is 11.9. The highest BCUT2D eigenvalue weighted by Crippen LogP contribution is 2.38. The van der Waals surface area contributed by atoms with Gasteiger partial charge >= 0.3 is 0 Å². The van der Waals surface area contributed by atoms with Gasteiger partial charge in [-0.15, -0.1) is 0 Å². The topological polar surface area (TPSA) is 49.7 Å². The molecule has 2 heterocycles. The van der Waals surface area contributed by atoms with Crippen LogP contribution in [-0.2, 0) is 16.4 Å². The molecule has 0 N–H and O–H groups in total. The Morgan fingerprint density at radius 2 is 2.00 bits per heavy atom. The Hall–Kier alpha value is -1.50. The Balaban J connectivity index is 1.70. The van der Waals surface area contributed by atoms with Gasteiger partial charge in [-0.1, -0.05) is 53.2 Å². The van der Waals surface area contributed by atoms with Gasteiger partial charge < -0.3 is 4.90 Å². The number of nitrogens with zero attached hydrogens (tertiary/aromatic N) is 2. The summed E-state index contributed by atoms with van der Waals surface area (Å²) in [5.41, 5.74) is 4.63. The van der Waals surface area contributed by atoms with Crippen molar-refractivity contribution in [3.63, 3.8) is 0 Å². The smallest absolute Gasteiger partial charge is 0.164 e. The van der Waals surface area contributed by atoms with Crippen molar-refractivity contribution in [2.24, 2.45) is 4.99 Å². The van der Waals surface area contributed by atoms with Crippen molar-refractivity contribution in [1.82, 2.24) is 0 Å². The van der Waals surface area contributed by atoms with Gasteiger partial charge in [0.25, 0.3) is 0 Å². The third-order valence-corrected chi connectivity index (χ3v) is 8.47. The lowest BCUT2D eigenvalue weighted by Gasteiger charge is -2.26. The summed E-state index contributed by atoms with van der Waals surface area (Å²) in [7, 11) is -2.96. The van der Waals surface area contributed by atoms with Crippen LogP contribution in [0.4, 0.5) is 5.69 Å². The highest BCUT2D eigenvalue weighted by molar-refractivity contribution is 8.15. The summed E-state index contributed by atoms with van der Waals surface area (Å²) >= 11 is 7.81. The summed E-state index contributed by atoms with van der Waals surface area (Å²) in [5, 5.41) is 1.57. The number of anilines is 1. The lowest BCUT2D eigenvalue weighted by molar-refractivity contribution is 0.601. The molecule has 0 saturated carbocycles. The van der Waals surface area contributed by atoms with Crippen LogP contribution in [0.2, 0.25) is 5.02 Å². The zero-order valence-electron chi connectivity index (χ0n) is 15.2. The fraction of sp³-hybridized carbons (Fsp3) is 0.350. The molecule has 2 aromatic rings. The summed E-state index contributed by atoms with van der Waals surface area (Å²) in [6.07, 6.45) is 0. The van der Waals surface area contributed by atoms with Crippen molar-refractivity contribution in [2.75, 3.05) is 16.4 Å². The number of hydrogen-bond acceptors (Lipinski definition) is 5. The molecular weight excluding hydrogens is 400 g/mol. The van der Waals surface area contributed by atoms with Gasteiger partial charge in [0.2, 0.25) is 0 Å². The van der Waals surface area contributed by atoms with Crippen LogP contribution < -0.4 is 4.90 Å². The molecule has 2 aliphatic rings. The monoisotopic (exact) mass is 420 g/mol. The van der Waals surface area contributed by atoms with Crippen LogP contribution in [0, 0.1) is 13.8 Å². The van der Waals surface area contributed by atoms with Gasteiger partial charge in [0.05, 0.1) is 24.1 Å². The molecule has 7 heteroatoms. The predicted molar refractivity (Wildman–Crippen MR) is 115 cm³/mol. The molecule has 0 spiro atoms. The molecule has 2 aromatic carbocycles. The van der Waals surface area contributed by atoms with Crippen LogP contribution in [0.25, 0.3) is 0 Å². The minimum absolute atomic E-state index is 0.0188. The molecular formula is C20H21ClN2O2S2. The first-order valence-corrected chi connectivity index (χ1v) is 11.9. The normalized spacial score (nSPS) is 23.1. The fourth-order valence-electron chi connectivity index (χ4n) is 3.53. The Kier molecular flexibility index (Phi) is 4.99. The molecule has 0 amide bonds. The maximum Gasteiger partial charge on any atom is 0.164 e. The lowest BCUT2D eigenvalue weighted by atomic mass is 10.1. The highest BCUT2D eigenvalue weighted by Gasteiger charge is 2.44. The fourth-order valence-corrected chi connectivity index (χ4v) is 7.49. The molecule has 2 atom stereocenters. The second-order valence-electron chi connectivity index (χ2n) is 7.21. The zero-order valence-corrected chi connectivity index (χ0v) is 17.6. The number of hydrogen-bond donors (Lipinski definition) is 0. The van der Waals surface area contributed by atoms with Crippen LogP contribution in [0.15, 0.2) is 47.5 Å². The number of benzene rings is 2. The van der Waals surface area contributed by atoms with E-state index in [0.717, 1.165) is 10.9 Å². The van der Waals surface area contributed by atoms with Crippen LogP contribution in [-0.4, -0.2) is 36.4 Å². The van der Waals surface area contributed by atoms with Gasteiger partial charge in [0, 0.05) is 16.0 Å². The molecule has 27 heavy (non-hydrogen) atoms. The highest BCUT2D eigenvalue weighted by atomic mass is 35.5. The number of amidine groups is 1.